The first-order chi connectivity index (χ1) is 16.6. The number of aryl methyl sites for hydroxylation is 2. The molecule has 0 aliphatic heterocycles. The van der Waals surface area contributed by atoms with Gasteiger partial charge >= 0.3 is 12.1 Å². The van der Waals surface area contributed by atoms with Crippen LogP contribution in [0.4, 0.5) is 4.79 Å². The normalized spacial score (nSPS) is 12.2. The second kappa shape index (κ2) is 12.8. The minimum atomic E-state index is -1.28. The van der Waals surface area contributed by atoms with Crippen molar-refractivity contribution in [3.8, 4) is 5.75 Å². The molecular weight excluding hydrogens is 454 g/mol. The van der Waals surface area contributed by atoms with Gasteiger partial charge in [-0.3, -0.25) is 10.2 Å². The Labute approximate surface area is 203 Å². The molecule has 0 saturated carbocycles. The van der Waals surface area contributed by atoms with Gasteiger partial charge in [-0.1, -0.05) is 30.3 Å². The maximum Gasteiger partial charge on any atom is 0.408 e. The fourth-order valence-electron chi connectivity index (χ4n) is 3.50. The fraction of sp³-hybridized carbons (Fsp3) is 0.333. The van der Waals surface area contributed by atoms with Crippen LogP contribution in [0.5, 0.6) is 5.75 Å². The van der Waals surface area contributed by atoms with E-state index in [-0.39, 0.29) is 37.7 Å². The molecule has 0 bridgehead atoms. The number of carboxylic acids is 1. The Kier molecular flexibility index (Phi) is 9.88. The quantitative estimate of drug-likeness (QED) is 0.183. The topological polar surface area (TPSA) is 187 Å². The standard InChI is InChI=1S/C24H31N5O6/c1-14-10-17(30)11-15(2)18(14)12-20(22(32)33)28-21(31)19(8-9-27-23(25)26)29-24(34)35-13-16-6-4-3-5-7-16/h3-7,10-11,19-20,30H,8-9,12-13H2,1-2H3,(H,28,31)(H,29,34)(H,32,33)(H4,25,26,27)/t19-,20+/m1/s1. The zero-order valence-electron chi connectivity index (χ0n) is 19.6. The van der Waals surface area contributed by atoms with E-state index in [9.17, 15) is 24.6 Å². The molecule has 0 spiro atoms. The molecule has 11 nitrogen and oxygen atoms in total. The first-order valence-electron chi connectivity index (χ1n) is 10.9. The first-order valence-corrected chi connectivity index (χ1v) is 10.9. The van der Waals surface area contributed by atoms with Crippen molar-refractivity contribution in [2.75, 3.05) is 6.54 Å². The van der Waals surface area contributed by atoms with Gasteiger partial charge in [-0.2, -0.15) is 0 Å². The van der Waals surface area contributed by atoms with Crippen LogP contribution >= 0.6 is 0 Å². The van der Waals surface area contributed by atoms with Gasteiger partial charge in [-0.15, -0.1) is 0 Å². The van der Waals surface area contributed by atoms with E-state index in [4.69, 9.17) is 15.9 Å². The molecule has 2 atom stereocenters. The predicted molar refractivity (Wildman–Crippen MR) is 129 cm³/mol. The molecule has 0 heterocycles. The van der Waals surface area contributed by atoms with Gasteiger partial charge in [0.15, 0.2) is 5.96 Å². The Morgan fingerprint density at radius 1 is 1.06 bits per heavy atom. The number of phenols is 1. The highest BCUT2D eigenvalue weighted by Gasteiger charge is 2.28. The molecule has 2 aromatic rings. The van der Waals surface area contributed by atoms with E-state index in [2.05, 4.69) is 16.0 Å². The third-order valence-corrected chi connectivity index (χ3v) is 5.27. The van der Waals surface area contributed by atoms with Crippen LogP contribution in [-0.4, -0.2) is 52.8 Å². The van der Waals surface area contributed by atoms with Crippen LogP contribution in [0.1, 0.15) is 28.7 Å². The average molecular weight is 486 g/mol. The molecule has 2 rings (SSSR count). The van der Waals surface area contributed by atoms with Crippen molar-refractivity contribution in [3.05, 3.63) is 64.7 Å². The van der Waals surface area contributed by atoms with E-state index in [1.807, 2.05) is 6.07 Å². The Bertz CT molecular complexity index is 1040. The monoisotopic (exact) mass is 485 g/mol. The van der Waals surface area contributed by atoms with Crippen molar-refractivity contribution in [2.24, 2.45) is 5.73 Å². The highest BCUT2D eigenvalue weighted by Crippen LogP contribution is 2.22. The maximum atomic E-state index is 13.0. The lowest BCUT2D eigenvalue weighted by molar-refractivity contribution is -0.142. The molecular formula is C24H31N5O6. The van der Waals surface area contributed by atoms with Crippen molar-refractivity contribution >= 4 is 23.9 Å². The molecule has 11 heteroatoms. The lowest BCUT2D eigenvalue weighted by Crippen LogP contribution is -2.53. The summed E-state index contributed by atoms with van der Waals surface area (Å²) in [5, 5.41) is 34.2. The predicted octanol–water partition coefficient (Wildman–Crippen LogP) is 1.29. The van der Waals surface area contributed by atoms with Gasteiger partial charge in [0.25, 0.3) is 0 Å². The number of benzene rings is 2. The molecule has 0 fully saturated rings. The van der Waals surface area contributed by atoms with Gasteiger partial charge in [0.1, 0.15) is 24.4 Å². The van der Waals surface area contributed by atoms with Crippen LogP contribution in [0.15, 0.2) is 42.5 Å². The number of hydrogen-bond donors (Lipinski definition) is 7. The molecule has 0 aromatic heterocycles. The lowest BCUT2D eigenvalue weighted by atomic mass is 9.95. The number of nitrogens with two attached hydrogens (primary N) is 1. The summed E-state index contributed by atoms with van der Waals surface area (Å²) < 4.78 is 5.17. The average Bonchev–Trinajstić information content (AvgIpc) is 2.78. The number of carbonyl (C=O) groups is 3. The number of nitrogens with one attached hydrogen (secondary N) is 4. The summed E-state index contributed by atoms with van der Waals surface area (Å²) >= 11 is 0. The summed E-state index contributed by atoms with van der Waals surface area (Å²) in [5.41, 5.74) is 8.09. The zero-order valence-corrected chi connectivity index (χ0v) is 19.6. The Balaban J connectivity index is 2.09. The second-order valence-corrected chi connectivity index (χ2v) is 8.05. The summed E-state index contributed by atoms with van der Waals surface area (Å²) in [5.74, 6) is -2.22. The summed E-state index contributed by atoms with van der Waals surface area (Å²) in [6.45, 7) is 3.55. The smallest absolute Gasteiger partial charge is 0.408 e. The second-order valence-electron chi connectivity index (χ2n) is 8.05. The fourth-order valence-corrected chi connectivity index (χ4v) is 3.50. The van der Waals surface area contributed by atoms with Crippen LogP contribution < -0.4 is 21.7 Å². The minimum absolute atomic E-state index is 0.0101. The molecule has 2 aromatic carbocycles. The molecule has 0 aliphatic carbocycles. The van der Waals surface area contributed by atoms with Crippen molar-refractivity contribution < 1.29 is 29.3 Å². The van der Waals surface area contributed by atoms with E-state index < -0.39 is 30.1 Å². The Morgan fingerprint density at radius 2 is 1.69 bits per heavy atom. The zero-order chi connectivity index (χ0) is 26.0. The van der Waals surface area contributed by atoms with E-state index in [0.717, 1.165) is 5.56 Å². The summed E-state index contributed by atoms with van der Waals surface area (Å²) in [4.78, 5) is 37.2. The molecule has 0 radical (unpaired) electrons. The van der Waals surface area contributed by atoms with E-state index in [1.54, 1.807) is 38.1 Å². The molecule has 8 N–H and O–H groups in total. The number of carbonyl (C=O) groups excluding carboxylic acids is 2. The van der Waals surface area contributed by atoms with Crippen molar-refractivity contribution in [3.63, 3.8) is 0 Å². The SMILES string of the molecule is Cc1cc(O)cc(C)c1C[C@H](NC(=O)[C@@H](CCNC(=N)N)NC(=O)OCc1ccccc1)C(=O)O. The number of rotatable bonds is 11. The number of amides is 2. The van der Waals surface area contributed by atoms with Gasteiger partial charge in [-0.05, 0) is 54.7 Å². The van der Waals surface area contributed by atoms with Gasteiger partial charge in [0, 0.05) is 13.0 Å². The molecule has 2 amide bonds. The number of alkyl carbamates (subject to hydrolysis) is 1. The van der Waals surface area contributed by atoms with Crippen LogP contribution in [0, 0.1) is 19.3 Å². The molecule has 0 unspecified atom stereocenters. The number of hydrogen-bond acceptors (Lipinski definition) is 6. The molecule has 35 heavy (non-hydrogen) atoms. The van der Waals surface area contributed by atoms with Crippen LogP contribution in [-0.2, 0) is 27.4 Å². The van der Waals surface area contributed by atoms with Crippen LogP contribution in [0.3, 0.4) is 0 Å². The van der Waals surface area contributed by atoms with E-state index in [0.29, 0.717) is 16.7 Å². The van der Waals surface area contributed by atoms with Crippen LogP contribution in [0.25, 0.3) is 0 Å². The highest BCUT2D eigenvalue weighted by molar-refractivity contribution is 5.89. The van der Waals surface area contributed by atoms with Crippen molar-refractivity contribution in [2.45, 2.75) is 45.4 Å². The van der Waals surface area contributed by atoms with Gasteiger partial charge in [-0.25, -0.2) is 9.59 Å². The van der Waals surface area contributed by atoms with Gasteiger partial charge in [0.05, 0.1) is 0 Å². The third kappa shape index (κ3) is 8.88. The summed E-state index contributed by atoms with van der Waals surface area (Å²) in [7, 11) is 0. The molecule has 0 aliphatic rings. The number of phenolic OH excluding ortho intramolecular Hbond substituents is 1. The molecule has 0 saturated heterocycles. The lowest BCUT2D eigenvalue weighted by Gasteiger charge is -2.22. The van der Waals surface area contributed by atoms with Crippen LogP contribution in [0.2, 0.25) is 0 Å². The summed E-state index contributed by atoms with van der Waals surface area (Å²) in [6.07, 6.45) is -0.848. The van der Waals surface area contributed by atoms with E-state index >= 15 is 0 Å². The number of aliphatic carboxylic acids is 1. The Morgan fingerprint density at radius 3 is 2.26 bits per heavy atom. The van der Waals surface area contributed by atoms with Gasteiger partial charge < -0.3 is 36.6 Å². The maximum absolute atomic E-state index is 13.0. The number of carboxylic acid groups (broad SMARTS) is 1. The van der Waals surface area contributed by atoms with Crippen molar-refractivity contribution in [1.82, 2.24) is 16.0 Å². The van der Waals surface area contributed by atoms with Gasteiger partial charge in [0.2, 0.25) is 5.91 Å². The number of ether oxygens (including phenoxy) is 1. The van der Waals surface area contributed by atoms with E-state index in [1.165, 1.54) is 12.1 Å². The molecule has 188 valence electrons. The minimum Gasteiger partial charge on any atom is -0.508 e. The Hall–Kier alpha value is -4.28. The first kappa shape index (κ1) is 27.0. The van der Waals surface area contributed by atoms with Crippen molar-refractivity contribution in [1.29, 1.82) is 5.41 Å². The highest BCUT2D eigenvalue weighted by atomic mass is 16.5. The third-order valence-electron chi connectivity index (χ3n) is 5.27. The number of guanidine groups is 1. The number of aromatic hydroxyl groups is 1. The summed E-state index contributed by atoms with van der Waals surface area (Å²) in [6, 6.07) is 9.58. The largest absolute Gasteiger partial charge is 0.508 e.